The van der Waals surface area contributed by atoms with Crippen LogP contribution in [-0.4, -0.2) is 15.0 Å². The molecule has 0 aliphatic heterocycles. The number of fused-ring (bicyclic) bond motifs is 1. The number of nitrogen functional groups attached to an aromatic ring is 1. The maximum atomic E-state index is 5.56. The number of hydrogen-bond acceptors (Lipinski definition) is 3. The number of anilines is 1. The van der Waals surface area contributed by atoms with E-state index in [1.165, 1.54) is 37.7 Å². The molecular formula is C20H26N4. The molecule has 0 amide bonds. The maximum Gasteiger partial charge on any atom is 0.137 e. The Bertz CT molecular complexity index is 755. The average Bonchev–Trinajstić information content (AvgIpc) is 3.01. The van der Waals surface area contributed by atoms with Gasteiger partial charge in [0.05, 0.1) is 0 Å². The van der Waals surface area contributed by atoms with E-state index in [0.717, 1.165) is 28.9 Å². The van der Waals surface area contributed by atoms with Crippen molar-refractivity contribution in [2.45, 2.75) is 45.4 Å². The zero-order chi connectivity index (χ0) is 16.8. The van der Waals surface area contributed by atoms with Crippen molar-refractivity contribution in [3.05, 3.63) is 54.0 Å². The molecule has 0 aromatic carbocycles. The van der Waals surface area contributed by atoms with Crippen molar-refractivity contribution in [2.24, 2.45) is 5.92 Å². The van der Waals surface area contributed by atoms with Gasteiger partial charge in [0, 0.05) is 30.4 Å². The Morgan fingerprint density at radius 3 is 2.62 bits per heavy atom. The zero-order valence-electron chi connectivity index (χ0n) is 14.3. The van der Waals surface area contributed by atoms with Crippen LogP contribution in [0.2, 0.25) is 0 Å². The smallest absolute Gasteiger partial charge is 0.137 e. The van der Waals surface area contributed by atoms with Crippen molar-refractivity contribution < 1.29 is 0 Å². The summed E-state index contributed by atoms with van der Waals surface area (Å²) in [5.74, 6) is 1.59. The summed E-state index contributed by atoms with van der Waals surface area (Å²) in [5, 5.41) is 1.16. The fourth-order valence-electron chi connectivity index (χ4n) is 3.23. The van der Waals surface area contributed by atoms with Gasteiger partial charge in [-0.05, 0) is 35.2 Å². The van der Waals surface area contributed by atoms with Crippen LogP contribution in [0.5, 0.6) is 0 Å². The molecule has 4 heteroatoms. The molecule has 4 rings (SSSR count). The number of nitrogens with zero attached hydrogens (tertiary/aromatic N) is 2. The Kier molecular flexibility index (Phi) is 5.47. The first-order valence-corrected chi connectivity index (χ1v) is 8.84. The van der Waals surface area contributed by atoms with Gasteiger partial charge in [-0.1, -0.05) is 45.1 Å². The van der Waals surface area contributed by atoms with E-state index in [-0.39, 0.29) is 0 Å². The molecular weight excluding hydrogens is 296 g/mol. The van der Waals surface area contributed by atoms with E-state index in [0.29, 0.717) is 5.82 Å². The van der Waals surface area contributed by atoms with Crippen molar-refractivity contribution in [3.63, 3.8) is 0 Å². The summed E-state index contributed by atoms with van der Waals surface area (Å²) >= 11 is 0. The van der Waals surface area contributed by atoms with E-state index >= 15 is 0 Å². The van der Waals surface area contributed by atoms with E-state index in [4.69, 9.17) is 5.73 Å². The number of nitrogens with two attached hydrogens (primary N) is 1. The molecule has 1 fully saturated rings. The average molecular weight is 322 g/mol. The van der Waals surface area contributed by atoms with E-state index in [9.17, 15) is 0 Å². The minimum Gasteiger partial charge on any atom is -0.384 e. The van der Waals surface area contributed by atoms with Crippen LogP contribution in [0.15, 0.2) is 42.9 Å². The number of aromatic amines is 1. The van der Waals surface area contributed by atoms with Gasteiger partial charge in [0.2, 0.25) is 0 Å². The molecule has 0 bridgehead atoms. The highest BCUT2D eigenvalue weighted by molar-refractivity contribution is 5.79. The largest absolute Gasteiger partial charge is 0.384 e. The third kappa shape index (κ3) is 4.34. The number of aromatic nitrogens is 3. The summed E-state index contributed by atoms with van der Waals surface area (Å²) in [6, 6.07) is 7.83. The summed E-state index contributed by atoms with van der Waals surface area (Å²) in [4.78, 5) is 11.5. The van der Waals surface area contributed by atoms with E-state index in [2.05, 4.69) is 27.9 Å². The van der Waals surface area contributed by atoms with Gasteiger partial charge < -0.3 is 10.7 Å². The van der Waals surface area contributed by atoms with Crippen molar-refractivity contribution in [3.8, 4) is 0 Å². The van der Waals surface area contributed by atoms with Gasteiger partial charge in [-0.15, -0.1) is 0 Å². The molecule has 1 aliphatic carbocycles. The van der Waals surface area contributed by atoms with Gasteiger partial charge in [0.15, 0.2) is 0 Å². The van der Waals surface area contributed by atoms with E-state index in [1.807, 2.05) is 30.6 Å². The molecule has 126 valence electrons. The lowest BCUT2D eigenvalue weighted by atomic mass is 9.91. The molecule has 3 heterocycles. The van der Waals surface area contributed by atoms with E-state index < -0.39 is 0 Å². The molecule has 3 aromatic rings. The summed E-state index contributed by atoms with van der Waals surface area (Å²) in [5.41, 5.74) is 8.85. The van der Waals surface area contributed by atoms with Crippen LogP contribution in [0.1, 0.15) is 50.2 Å². The Labute approximate surface area is 143 Å². The number of H-pyrrole nitrogens is 1. The lowest BCUT2D eigenvalue weighted by molar-refractivity contribution is 0.385. The van der Waals surface area contributed by atoms with Gasteiger partial charge in [0.1, 0.15) is 11.5 Å². The van der Waals surface area contributed by atoms with Crippen molar-refractivity contribution in [2.75, 3.05) is 5.73 Å². The van der Waals surface area contributed by atoms with E-state index in [1.54, 1.807) is 6.20 Å². The van der Waals surface area contributed by atoms with Crippen LogP contribution in [0.4, 0.5) is 5.82 Å². The highest BCUT2D eigenvalue weighted by Gasteiger charge is 2.06. The maximum absolute atomic E-state index is 5.56. The number of hydrogen-bond donors (Lipinski definition) is 2. The molecule has 1 saturated carbocycles. The monoisotopic (exact) mass is 322 g/mol. The first-order chi connectivity index (χ1) is 11.7. The molecule has 3 N–H and O–H groups in total. The van der Waals surface area contributed by atoms with Crippen LogP contribution in [-0.2, 0) is 6.42 Å². The topological polar surface area (TPSA) is 67.6 Å². The second kappa shape index (κ2) is 7.95. The zero-order valence-corrected chi connectivity index (χ0v) is 14.3. The van der Waals surface area contributed by atoms with Gasteiger partial charge in [-0.2, -0.15) is 0 Å². The molecule has 0 unspecified atom stereocenters. The minimum atomic E-state index is 0.550. The number of rotatable bonds is 2. The molecule has 3 aromatic heterocycles. The van der Waals surface area contributed by atoms with Gasteiger partial charge in [-0.25, -0.2) is 9.97 Å². The van der Waals surface area contributed by atoms with Crippen LogP contribution in [0, 0.1) is 5.92 Å². The number of nitrogens with one attached hydrogen (secondary N) is 1. The third-order valence-electron chi connectivity index (χ3n) is 4.67. The van der Waals surface area contributed by atoms with Gasteiger partial charge in [0.25, 0.3) is 0 Å². The van der Waals surface area contributed by atoms with Gasteiger partial charge in [-0.3, -0.25) is 0 Å². The Morgan fingerprint density at radius 2 is 1.96 bits per heavy atom. The van der Waals surface area contributed by atoms with Crippen molar-refractivity contribution in [1.29, 1.82) is 0 Å². The lowest BCUT2D eigenvalue weighted by Gasteiger charge is -2.15. The summed E-state index contributed by atoms with van der Waals surface area (Å²) in [6.07, 6.45) is 13.9. The normalized spacial score (nSPS) is 15.0. The lowest BCUT2D eigenvalue weighted by Crippen LogP contribution is -1.99. The molecule has 0 saturated heterocycles. The standard InChI is InChI=1S/C13H12N4.C7H14/c14-12-4-3-9(7-16-12)6-10-8-17-13-11(10)2-1-5-15-13;1-7-5-3-2-4-6-7/h1-5,7-8H,6H2,(H2,14,16)(H,15,17);7H,2-6H2,1H3. The SMILES string of the molecule is CC1CCCCC1.Nc1ccc(Cc2c[nH]c3ncccc23)cn1. The molecule has 0 radical (unpaired) electrons. The highest BCUT2D eigenvalue weighted by atomic mass is 14.8. The predicted molar refractivity (Wildman–Crippen MR) is 99.8 cm³/mol. The molecule has 1 aliphatic rings. The predicted octanol–water partition coefficient (Wildman–Crippen LogP) is 4.72. The van der Waals surface area contributed by atoms with Crippen LogP contribution >= 0.6 is 0 Å². The van der Waals surface area contributed by atoms with Crippen molar-refractivity contribution in [1.82, 2.24) is 15.0 Å². The molecule has 0 atom stereocenters. The Morgan fingerprint density at radius 1 is 1.12 bits per heavy atom. The molecule has 0 spiro atoms. The second-order valence-electron chi connectivity index (χ2n) is 6.72. The molecule has 4 nitrogen and oxygen atoms in total. The first-order valence-electron chi connectivity index (χ1n) is 8.84. The van der Waals surface area contributed by atoms with Crippen LogP contribution in [0.3, 0.4) is 0 Å². The highest BCUT2D eigenvalue weighted by Crippen LogP contribution is 2.22. The van der Waals surface area contributed by atoms with Crippen LogP contribution < -0.4 is 5.73 Å². The minimum absolute atomic E-state index is 0.550. The fraction of sp³-hybridized carbons (Fsp3) is 0.400. The number of pyridine rings is 2. The fourth-order valence-corrected chi connectivity index (χ4v) is 3.23. The quantitative estimate of drug-likeness (QED) is 0.717. The summed E-state index contributed by atoms with van der Waals surface area (Å²) in [6.45, 7) is 2.36. The van der Waals surface area contributed by atoms with Crippen LogP contribution in [0.25, 0.3) is 11.0 Å². The summed E-state index contributed by atoms with van der Waals surface area (Å²) in [7, 11) is 0. The summed E-state index contributed by atoms with van der Waals surface area (Å²) < 4.78 is 0. The van der Waals surface area contributed by atoms with Gasteiger partial charge >= 0.3 is 0 Å². The first kappa shape index (κ1) is 16.5. The van der Waals surface area contributed by atoms with Crippen molar-refractivity contribution >= 4 is 16.9 Å². The second-order valence-corrected chi connectivity index (χ2v) is 6.72. The molecule has 24 heavy (non-hydrogen) atoms. The Hall–Kier alpha value is -2.36. The Balaban J connectivity index is 0.000000203. The third-order valence-corrected chi connectivity index (χ3v) is 4.67.